The Kier molecular flexibility index (Phi) is 6.03. The van der Waals surface area contributed by atoms with E-state index in [2.05, 4.69) is 17.2 Å². The summed E-state index contributed by atoms with van der Waals surface area (Å²) in [7, 11) is 0. The van der Waals surface area contributed by atoms with E-state index < -0.39 is 0 Å². The number of carbonyl (C=O) groups excluding carboxylic acids is 2. The van der Waals surface area contributed by atoms with E-state index in [1.807, 2.05) is 49.4 Å². The number of pyridine rings is 1. The van der Waals surface area contributed by atoms with Crippen LogP contribution in [0.5, 0.6) is 0 Å². The number of nitrogens with one attached hydrogen (secondary N) is 1. The second-order valence-electron chi connectivity index (χ2n) is 5.52. The van der Waals surface area contributed by atoms with Crippen LogP contribution in [0, 0.1) is 6.92 Å². The number of carbonyl (C=O) groups is 2. The first kappa shape index (κ1) is 16.9. The first-order valence-electron chi connectivity index (χ1n) is 7.90. The van der Waals surface area contributed by atoms with Gasteiger partial charge in [0.15, 0.2) is 5.78 Å². The second kappa shape index (κ2) is 8.22. The zero-order valence-corrected chi connectivity index (χ0v) is 13.6. The van der Waals surface area contributed by atoms with Gasteiger partial charge in [-0.25, -0.2) is 0 Å². The summed E-state index contributed by atoms with van der Waals surface area (Å²) in [6, 6.07) is 13.3. The maximum atomic E-state index is 12.1. The Bertz CT molecular complexity index is 678. The van der Waals surface area contributed by atoms with E-state index in [9.17, 15) is 9.59 Å². The number of nitrogens with zero attached hydrogens (tertiary/aromatic N) is 1. The molecule has 120 valence electrons. The van der Waals surface area contributed by atoms with Crippen LogP contribution in [0.25, 0.3) is 0 Å². The van der Waals surface area contributed by atoms with Gasteiger partial charge in [-0.15, -0.1) is 0 Å². The molecule has 1 N–H and O–H groups in total. The van der Waals surface area contributed by atoms with E-state index in [0.29, 0.717) is 12.1 Å². The SMILES string of the molecule is CCc1ccc(C(=O)CCC(=O)NCc2cccc(C)n2)cc1. The Labute approximate surface area is 137 Å². The van der Waals surface area contributed by atoms with E-state index in [4.69, 9.17) is 0 Å². The lowest BCUT2D eigenvalue weighted by molar-refractivity contribution is -0.121. The minimum atomic E-state index is -0.133. The van der Waals surface area contributed by atoms with Crippen molar-refractivity contribution in [1.29, 1.82) is 0 Å². The lowest BCUT2D eigenvalue weighted by Crippen LogP contribution is -2.23. The summed E-state index contributed by atoms with van der Waals surface area (Å²) in [5.41, 5.74) is 3.60. The number of benzene rings is 1. The molecular weight excluding hydrogens is 288 g/mol. The molecular formula is C19H22N2O2. The molecule has 1 aromatic heterocycles. The average molecular weight is 310 g/mol. The Morgan fingerprint density at radius 1 is 1.04 bits per heavy atom. The van der Waals surface area contributed by atoms with E-state index in [1.54, 1.807) is 0 Å². The highest BCUT2D eigenvalue weighted by atomic mass is 16.2. The molecule has 0 aliphatic heterocycles. The lowest BCUT2D eigenvalue weighted by Gasteiger charge is -2.06. The fraction of sp³-hybridized carbons (Fsp3) is 0.316. The van der Waals surface area contributed by atoms with Gasteiger partial charge in [0.1, 0.15) is 0 Å². The normalized spacial score (nSPS) is 10.3. The molecule has 0 bridgehead atoms. The van der Waals surface area contributed by atoms with Crippen molar-refractivity contribution in [2.24, 2.45) is 0 Å². The van der Waals surface area contributed by atoms with Crippen molar-refractivity contribution in [2.75, 3.05) is 0 Å². The summed E-state index contributed by atoms with van der Waals surface area (Å²) in [6.07, 6.45) is 1.36. The van der Waals surface area contributed by atoms with Gasteiger partial charge < -0.3 is 5.32 Å². The van der Waals surface area contributed by atoms with Gasteiger partial charge in [-0.05, 0) is 31.0 Å². The molecule has 0 saturated carbocycles. The van der Waals surface area contributed by atoms with Crippen molar-refractivity contribution in [3.8, 4) is 0 Å². The lowest BCUT2D eigenvalue weighted by atomic mass is 10.0. The molecule has 4 nitrogen and oxygen atoms in total. The van der Waals surface area contributed by atoms with Crippen molar-refractivity contribution in [2.45, 2.75) is 39.7 Å². The highest BCUT2D eigenvalue weighted by Crippen LogP contribution is 2.09. The zero-order chi connectivity index (χ0) is 16.7. The highest BCUT2D eigenvalue weighted by molar-refractivity contribution is 5.97. The van der Waals surface area contributed by atoms with E-state index in [-0.39, 0.29) is 24.5 Å². The molecule has 1 aromatic carbocycles. The maximum Gasteiger partial charge on any atom is 0.220 e. The van der Waals surface area contributed by atoms with Gasteiger partial charge in [0, 0.05) is 24.1 Å². The number of hydrogen-bond donors (Lipinski definition) is 1. The zero-order valence-electron chi connectivity index (χ0n) is 13.6. The third-order valence-corrected chi connectivity index (χ3v) is 3.68. The summed E-state index contributed by atoms with van der Waals surface area (Å²) in [5, 5.41) is 2.80. The van der Waals surface area contributed by atoms with Gasteiger partial charge in [0.25, 0.3) is 0 Å². The number of aryl methyl sites for hydroxylation is 2. The Morgan fingerprint density at radius 3 is 2.43 bits per heavy atom. The van der Waals surface area contributed by atoms with Gasteiger partial charge in [-0.1, -0.05) is 37.3 Å². The molecule has 0 atom stereocenters. The Hall–Kier alpha value is -2.49. The van der Waals surface area contributed by atoms with Gasteiger partial charge in [0.05, 0.1) is 12.2 Å². The van der Waals surface area contributed by atoms with Crippen LogP contribution in [-0.4, -0.2) is 16.7 Å². The van der Waals surface area contributed by atoms with Crippen LogP contribution in [0.3, 0.4) is 0 Å². The van der Waals surface area contributed by atoms with E-state index >= 15 is 0 Å². The van der Waals surface area contributed by atoms with Crippen molar-refractivity contribution < 1.29 is 9.59 Å². The summed E-state index contributed by atoms with van der Waals surface area (Å²) >= 11 is 0. The topological polar surface area (TPSA) is 59.1 Å². The van der Waals surface area contributed by atoms with Gasteiger partial charge in [-0.2, -0.15) is 0 Å². The molecule has 0 aliphatic rings. The first-order valence-corrected chi connectivity index (χ1v) is 7.90. The highest BCUT2D eigenvalue weighted by Gasteiger charge is 2.09. The van der Waals surface area contributed by atoms with Crippen molar-refractivity contribution in [1.82, 2.24) is 10.3 Å². The quantitative estimate of drug-likeness (QED) is 0.799. The van der Waals surface area contributed by atoms with E-state index in [0.717, 1.165) is 17.8 Å². The minimum Gasteiger partial charge on any atom is -0.350 e. The number of aromatic nitrogens is 1. The molecule has 0 radical (unpaired) electrons. The standard InChI is InChI=1S/C19H22N2O2/c1-3-15-7-9-16(10-8-15)18(22)11-12-19(23)20-13-17-6-4-5-14(2)21-17/h4-10H,3,11-13H2,1-2H3,(H,20,23). The number of ketones is 1. The van der Waals surface area contributed by atoms with Crippen LogP contribution in [-0.2, 0) is 17.8 Å². The van der Waals surface area contributed by atoms with Crippen LogP contribution in [0.2, 0.25) is 0 Å². The molecule has 4 heteroatoms. The van der Waals surface area contributed by atoms with Crippen molar-refractivity contribution in [3.05, 3.63) is 65.0 Å². The molecule has 0 saturated heterocycles. The van der Waals surface area contributed by atoms with Gasteiger partial charge >= 0.3 is 0 Å². The maximum absolute atomic E-state index is 12.1. The average Bonchev–Trinajstić information content (AvgIpc) is 2.58. The smallest absolute Gasteiger partial charge is 0.220 e. The molecule has 0 fully saturated rings. The Morgan fingerprint density at radius 2 is 1.78 bits per heavy atom. The Balaban J connectivity index is 1.78. The number of hydrogen-bond acceptors (Lipinski definition) is 3. The van der Waals surface area contributed by atoms with Crippen LogP contribution in [0.4, 0.5) is 0 Å². The van der Waals surface area contributed by atoms with Crippen LogP contribution < -0.4 is 5.32 Å². The minimum absolute atomic E-state index is 0.00326. The summed E-state index contributed by atoms with van der Waals surface area (Å²) in [5.74, 6) is -0.136. The molecule has 2 aromatic rings. The van der Waals surface area contributed by atoms with Gasteiger partial charge in [-0.3, -0.25) is 14.6 Å². The molecule has 23 heavy (non-hydrogen) atoms. The summed E-state index contributed by atoms with van der Waals surface area (Å²) < 4.78 is 0. The summed E-state index contributed by atoms with van der Waals surface area (Å²) in [4.78, 5) is 28.2. The third-order valence-electron chi connectivity index (χ3n) is 3.68. The molecule has 1 amide bonds. The molecule has 0 aliphatic carbocycles. The monoisotopic (exact) mass is 310 g/mol. The largest absolute Gasteiger partial charge is 0.350 e. The predicted octanol–water partition coefficient (Wildman–Crippen LogP) is 3.23. The summed E-state index contributed by atoms with van der Waals surface area (Å²) in [6.45, 7) is 4.37. The van der Waals surface area contributed by atoms with Crippen LogP contribution >= 0.6 is 0 Å². The van der Waals surface area contributed by atoms with Gasteiger partial charge in [0.2, 0.25) is 5.91 Å². The number of Topliss-reactive ketones (excluding diaryl/α,β-unsaturated/α-hetero) is 1. The van der Waals surface area contributed by atoms with Crippen LogP contribution in [0.15, 0.2) is 42.5 Å². The molecule has 1 heterocycles. The predicted molar refractivity (Wildman–Crippen MR) is 90.2 cm³/mol. The molecule has 0 unspecified atom stereocenters. The number of amides is 1. The van der Waals surface area contributed by atoms with Crippen LogP contribution in [0.1, 0.15) is 47.1 Å². The number of rotatable bonds is 7. The molecule has 2 rings (SSSR count). The fourth-order valence-electron chi connectivity index (χ4n) is 2.27. The second-order valence-corrected chi connectivity index (χ2v) is 5.52. The first-order chi connectivity index (χ1) is 11.1. The van der Waals surface area contributed by atoms with Crippen molar-refractivity contribution >= 4 is 11.7 Å². The third kappa shape index (κ3) is 5.33. The fourth-order valence-corrected chi connectivity index (χ4v) is 2.27. The molecule has 0 spiro atoms. The van der Waals surface area contributed by atoms with Crippen molar-refractivity contribution in [3.63, 3.8) is 0 Å². The van der Waals surface area contributed by atoms with E-state index in [1.165, 1.54) is 5.56 Å².